The first-order valence-corrected chi connectivity index (χ1v) is 5.14. The van der Waals surface area contributed by atoms with Crippen molar-refractivity contribution in [2.75, 3.05) is 20.7 Å². The molecule has 0 aliphatic rings. The molecule has 1 aromatic heterocycles. The summed E-state index contributed by atoms with van der Waals surface area (Å²) >= 11 is 0. The quantitative estimate of drug-likeness (QED) is 0.798. The molecule has 2 rings (SSSR count). The molecule has 2 N–H and O–H groups in total. The Balaban J connectivity index is 2.42. The van der Waals surface area contributed by atoms with Gasteiger partial charge in [-0.25, -0.2) is 0 Å². The summed E-state index contributed by atoms with van der Waals surface area (Å²) in [4.78, 5) is 3.26. The van der Waals surface area contributed by atoms with E-state index in [2.05, 4.69) is 22.6 Å². The molecule has 1 heterocycles. The van der Waals surface area contributed by atoms with Gasteiger partial charge in [-0.15, -0.1) is 0 Å². The molecule has 2 aromatic rings. The molecule has 15 heavy (non-hydrogen) atoms. The van der Waals surface area contributed by atoms with Crippen molar-refractivity contribution in [3.63, 3.8) is 0 Å². The van der Waals surface area contributed by atoms with E-state index in [1.54, 1.807) is 7.11 Å². The van der Waals surface area contributed by atoms with Gasteiger partial charge in [-0.3, -0.25) is 0 Å². The number of methoxy groups -OCH3 is 1. The first-order valence-electron chi connectivity index (χ1n) is 5.14. The minimum absolute atomic E-state index is 0.906. The van der Waals surface area contributed by atoms with E-state index in [1.807, 2.05) is 19.2 Å². The van der Waals surface area contributed by atoms with E-state index in [1.165, 1.54) is 10.9 Å². The van der Waals surface area contributed by atoms with Crippen molar-refractivity contribution >= 4 is 10.9 Å². The number of ether oxygens (including phenoxy) is 1. The van der Waals surface area contributed by atoms with Crippen molar-refractivity contribution in [2.45, 2.75) is 6.42 Å². The fraction of sp³-hybridized carbons (Fsp3) is 0.333. The molecule has 0 saturated heterocycles. The van der Waals surface area contributed by atoms with E-state index in [0.29, 0.717) is 0 Å². The standard InChI is InChI=1S/C12H16N2O/c1-13-7-6-9-8-14-12-10(9)4-3-5-11(12)15-2/h3-5,8,13-14H,6-7H2,1-2H3. The summed E-state index contributed by atoms with van der Waals surface area (Å²) in [5.74, 6) is 0.906. The number of H-pyrrole nitrogens is 1. The molecule has 0 bridgehead atoms. The van der Waals surface area contributed by atoms with E-state index >= 15 is 0 Å². The summed E-state index contributed by atoms with van der Waals surface area (Å²) in [5, 5.41) is 4.41. The van der Waals surface area contributed by atoms with Gasteiger partial charge in [0.15, 0.2) is 0 Å². The second kappa shape index (κ2) is 4.36. The van der Waals surface area contributed by atoms with Crippen molar-refractivity contribution in [1.82, 2.24) is 10.3 Å². The summed E-state index contributed by atoms with van der Waals surface area (Å²) in [6, 6.07) is 6.12. The summed E-state index contributed by atoms with van der Waals surface area (Å²) in [6.07, 6.45) is 3.09. The molecule has 0 unspecified atom stereocenters. The van der Waals surface area contributed by atoms with Crippen LogP contribution in [0.1, 0.15) is 5.56 Å². The molecule has 0 aliphatic heterocycles. The maximum atomic E-state index is 5.30. The predicted octanol–water partition coefficient (Wildman–Crippen LogP) is 1.94. The third-order valence-electron chi connectivity index (χ3n) is 2.63. The lowest BCUT2D eigenvalue weighted by molar-refractivity contribution is 0.419. The van der Waals surface area contributed by atoms with E-state index < -0.39 is 0 Å². The van der Waals surface area contributed by atoms with Crippen molar-refractivity contribution in [2.24, 2.45) is 0 Å². The Labute approximate surface area is 89.4 Å². The van der Waals surface area contributed by atoms with Gasteiger partial charge in [0.1, 0.15) is 5.75 Å². The van der Waals surface area contributed by atoms with E-state index in [0.717, 1.165) is 24.2 Å². The fourth-order valence-corrected chi connectivity index (χ4v) is 1.82. The summed E-state index contributed by atoms with van der Waals surface area (Å²) in [5.41, 5.74) is 2.42. The molecule has 80 valence electrons. The highest BCUT2D eigenvalue weighted by atomic mass is 16.5. The van der Waals surface area contributed by atoms with Gasteiger partial charge in [-0.05, 0) is 31.6 Å². The second-order valence-corrected chi connectivity index (χ2v) is 3.55. The average Bonchev–Trinajstić information content (AvgIpc) is 2.69. The number of hydrogen-bond donors (Lipinski definition) is 2. The molecule has 0 aliphatic carbocycles. The molecule has 0 spiro atoms. The normalized spacial score (nSPS) is 10.8. The Morgan fingerprint density at radius 3 is 3.00 bits per heavy atom. The minimum atomic E-state index is 0.906. The van der Waals surface area contributed by atoms with Crippen LogP contribution in [0.3, 0.4) is 0 Å². The number of nitrogens with one attached hydrogen (secondary N) is 2. The van der Waals surface area contributed by atoms with Gasteiger partial charge in [0.2, 0.25) is 0 Å². The van der Waals surface area contributed by atoms with Gasteiger partial charge in [0.25, 0.3) is 0 Å². The number of aromatic amines is 1. The Morgan fingerprint density at radius 2 is 2.27 bits per heavy atom. The number of likely N-dealkylation sites (N-methyl/N-ethyl adjacent to an activating group) is 1. The molecule has 0 amide bonds. The SMILES string of the molecule is CNCCc1c[nH]c2c(OC)cccc12. The van der Waals surface area contributed by atoms with Gasteiger partial charge in [-0.1, -0.05) is 12.1 Å². The first kappa shape index (κ1) is 10.1. The molecule has 0 atom stereocenters. The number of rotatable bonds is 4. The van der Waals surface area contributed by atoms with Gasteiger partial charge in [-0.2, -0.15) is 0 Å². The van der Waals surface area contributed by atoms with E-state index in [9.17, 15) is 0 Å². The van der Waals surface area contributed by atoms with Crippen LogP contribution in [0.5, 0.6) is 5.75 Å². The smallest absolute Gasteiger partial charge is 0.142 e. The van der Waals surface area contributed by atoms with Gasteiger partial charge >= 0.3 is 0 Å². The van der Waals surface area contributed by atoms with Gasteiger partial charge in [0.05, 0.1) is 12.6 Å². The molecule has 0 saturated carbocycles. The largest absolute Gasteiger partial charge is 0.495 e. The predicted molar refractivity (Wildman–Crippen MR) is 62.5 cm³/mol. The van der Waals surface area contributed by atoms with Crippen molar-refractivity contribution < 1.29 is 4.74 Å². The lowest BCUT2D eigenvalue weighted by Gasteiger charge is -2.02. The molecular formula is C12H16N2O. The Morgan fingerprint density at radius 1 is 1.40 bits per heavy atom. The van der Waals surface area contributed by atoms with Gasteiger partial charge < -0.3 is 15.0 Å². The average molecular weight is 204 g/mol. The fourth-order valence-electron chi connectivity index (χ4n) is 1.82. The van der Waals surface area contributed by atoms with E-state index in [-0.39, 0.29) is 0 Å². The highest BCUT2D eigenvalue weighted by Crippen LogP contribution is 2.26. The van der Waals surface area contributed by atoms with Crippen LogP contribution >= 0.6 is 0 Å². The number of fused-ring (bicyclic) bond motifs is 1. The summed E-state index contributed by atoms with van der Waals surface area (Å²) < 4.78 is 5.30. The Hall–Kier alpha value is -1.48. The summed E-state index contributed by atoms with van der Waals surface area (Å²) in [6.45, 7) is 0.990. The topological polar surface area (TPSA) is 37.0 Å². The monoisotopic (exact) mass is 204 g/mol. The Kier molecular flexibility index (Phi) is 2.92. The first-order chi connectivity index (χ1) is 7.36. The maximum absolute atomic E-state index is 5.30. The molecule has 3 nitrogen and oxygen atoms in total. The molecular weight excluding hydrogens is 188 g/mol. The van der Waals surface area contributed by atoms with Crippen LogP contribution < -0.4 is 10.1 Å². The minimum Gasteiger partial charge on any atom is -0.495 e. The van der Waals surface area contributed by atoms with Crippen LogP contribution in [-0.4, -0.2) is 25.7 Å². The maximum Gasteiger partial charge on any atom is 0.142 e. The highest BCUT2D eigenvalue weighted by Gasteiger charge is 2.06. The van der Waals surface area contributed by atoms with Crippen LogP contribution in [0.15, 0.2) is 24.4 Å². The third kappa shape index (κ3) is 1.83. The second-order valence-electron chi connectivity index (χ2n) is 3.55. The number of para-hydroxylation sites is 1. The lowest BCUT2D eigenvalue weighted by Crippen LogP contribution is -2.09. The third-order valence-corrected chi connectivity index (χ3v) is 2.63. The van der Waals surface area contributed by atoms with Crippen LogP contribution in [0, 0.1) is 0 Å². The van der Waals surface area contributed by atoms with Crippen LogP contribution in [-0.2, 0) is 6.42 Å². The number of hydrogen-bond acceptors (Lipinski definition) is 2. The number of aromatic nitrogens is 1. The zero-order valence-electron chi connectivity index (χ0n) is 9.13. The van der Waals surface area contributed by atoms with Gasteiger partial charge in [0, 0.05) is 11.6 Å². The van der Waals surface area contributed by atoms with Crippen LogP contribution in [0.2, 0.25) is 0 Å². The summed E-state index contributed by atoms with van der Waals surface area (Å²) in [7, 11) is 3.66. The number of benzene rings is 1. The van der Waals surface area contributed by atoms with Crippen LogP contribution in [0.25, 0.3) is 10.9 Å². The van der Waals surface area contributed by atoms with Crippen molar-refractivity contribution in [1.29, 1.82) is 0 Å². The zero-order valence-corrected chi connectivity index (χ0v) is 9.13. The van der Waals surface area contributed by atoms with E-state index in [4.69, 9.17) is 4.74 Å². The zero-order chi connectivity index (χ0) is 10.7. The molecule has 1 aromatic carbocycles. The van der Waals surface area contributed by atoms with Crippen molar-refractivity contribution in [3.05, 3.63) is 30.0 Å². The highest BCUT2D eigenvalue weighted by molar-refractivity contribution is 5.88. The molecule has 0 radical (unpaired) electrons. The molecule has 3 heteroatoms. The lowest BCUT2D eigenvalue weighted by atomic mass is 10.1. The molecule has 0 fully saturated rings. The Bertz CT molecular complexity index is 448. The van der Waals surface area contributed by atoms with Crippen molar-refractivity contribution in [3.8, 4) is 5.75 Å². The van der Waals surface area contributed by atoms with Crippen LogP contribution in [0.4, 0.5) is 0 Å².